The van der Waals surface area contributed by atoms with E-state index in [-0.39, 0.29) is 12.5 Å². The molecular formula is C13H15ClN2O2. The second kappa shape index (κ2) is 5.89. The lowest BCUT2D eigenvalue weighted by molar-refractivity contribution is -0.142. The predicted octanol–water partition coefficient (Wildman–Crippen LogP) is 2.47. The Morgan fingerprint density at radius 1 is 1.44 bits per heavy atom. The molecule has 0 amide bonds. The lowest BCUT2D eigenvalue weighted by Gasteiger charge is -2.03. The van der Waals surface area contributed by atoms with Gasteiger partial charge < -0.3 is 15.0 Å². The molecule has 1 aromatic carbocycles. The van der Waals surface area contributed by atoms with Crippen LogP contribution in [-0.4, -0.2) is 24.1 Å². The van der Waals surface area contributed by atoms with Crippen molar-refractivity contribution in [2.45, 2.75) is 13.5 Å². The lowest BCUT2D eigenvalue weighted by Crippen LogP contribution is -2.24. The molecule has 1 aromatic heterocycles. The third kappa shape index (κ3) is 2.83. The number of fused-ring (bicyclic) bond motifs is 1. The maximum atomic E-state index is 11.2. The molecule has 2 aromatic rings. The van der Waals surface area contributed by atoms with Crippen molar-refractivity contribution >= 4 is 28.5 Å². The highest BCUT2D eigenvalue weighted by atomic mass is 35.5. The number of H-pyrrole nitrogens is 1. The van der Waals surface area contributed by atoms with Gasteiger partial charge in [-0.25, -0.2) is 0 Å². The Morgan fingerprint density at radius 3 is 2.94 bits per heavy atom. The number of rotatable bonds is 5. The molecule has 18 heavy (non-hydrogen) atoms. The zero-order chi connectivity index (χ0) is 13.0. The smallest absolute Gasteiger partial charge is 0.319 e. The SMILES string of the molecule is CCOC(=O)CNCc1[nH]c2ccccc2c1Cl. The number of carbonyl (C=O) groups excluding carboxylic acids is 1. The van der Waals surface area contributed by atoms with E-state index in [2.05, 4.69) is 10.3 Å². The van der Waals surface area contributed by atoms with Gasteiger partial charge in [-0.05, 0) is 13.0 Å². The van der Waals surface area contributed by atoms with Crippen LogP contribution in [0.1, 0.15) is 12.6 Å². The zero-order valence-electron chi connectivity index (χ0n) is 10.1. The number of ether oxygens (including phenoxy) is 1. The summed E-state index contributed by atoms with van der Waals surface area (Å²) >= 11 is 6.25. The molecule has 96 valence electrons. The minimum absolute atomic E-state index is 0.180. The van der Waals surface area contributed by atoms with Crippen molar-refractivity contribution in [2.24, 2.45) is 0 Å². The Morgan fingerprint density at radius 2 is 2.22 bits per heavy atom. The standard InChI is InChI=1S/C13H15ClN2O2/c1-2-18-12(17)8-15-7-11-13(14)9-5-3-4-6-10(9)16-11/h3-6,15-16H,2,7-8H2,1H3. The minimum Gasteiger partial charge on any atom is -0.465 e. The van der Waals surface area contributed by atoms with Crippen molar-refractivity contribution < 1.29 is 9.53 Å². The summed E-state index contributed by atoms with van der Waals surface area (Å²) in [6, 6.07) is 7.82. The Labute approximate surface area is 110 Å². The normalized spacial score (nSPS) is 10.8. The number of nitrogens with one attached hydrogen (secondary N) is 2. The first kappa shape index (κ1) is 12.9. The van der Waals surface area contributed by atoms with Crippen molar-refractivity contribution in [3.63, 3.8) is 0 Å². The molecule has 1 heterocycles. The van der Waals surface area contributed by atoms with Crippen LogP contribution in [0.5, 0.6) is 0 Å². The summed E-state index contributed by atoms with van der Waals surface area (Å²) in [5, 5.41) is 4.69. The number of aromatic nitrogens is 1. The van der Waals surface area contributed by atoms with E-state index in [1.165, 1.54) is 0 Å². The Kier molecular flexibility index (Phi) is 4.23. The Bertz CT molecular complexity index is 551. The quantitative estimate of drug-likeness (QED) is 0.818. The second-order valence-electron chi connectivity index (χ2n) is 3.87. The molecule has 0 saturated heterocycles. The van der Waals surface area contributed by atoms with Crippen molar-refractivity contribution in [1.82, 2.24) is 10.3 Å². The van der Waals surface area contributed by atoms with Crippen LogP contribution in [-0.2, 0) is 16.1 Å². The largest absolute Gasteiger partial charge is 0.465 e. The second-order valence-corrected chi connectivity index (χ2v) is 4.25. The number of hydrogen-bond donors (Lipinski definition) is 2. The number of hydrogen-bond acceptors (Lipinski definition) is 3. The fraction of sp³-hybridized carbons (Fsp3) is 0.308. The molecule has 0 unspecified atom stereocenters. The molecule has 0 aliphatic carbocycles. The van der Waals surface area contributed by atoms with E-state index in [9.17, 15) is 4.79 Å². The molecule has 0 aliphatic heterocycles. The molecule has 2 rings (SSSR count). The summed E-state index contributed by atoms with van der Waals surface area (Å²) < 4.78 is 4.82. The van der Waals surface area contributed by atoms with Crippen LogP contribution in [0.3, 0.4) is 0 Å². The van der Waals surface area contributed by atoms with Crippen molar-refractivity contribution in [3.8, 4) is 0 Å². The highest BCUT2D eigenvalue weighted by molar-refractivity contribution is 6.36. The number of carbonyl (C=O) groups is 1. The van der Waals surface area contributed by atoms with Gasteiger partial charge in [-0.2, -0.15) is 0 Å². The van der Waals surface area contributed by atoms with Crippen LogP contribution in [0.2, 0.25) is 5.02 Å². The van der Waals surface area contributed by atoms with E-state index in [0.717, 1.165) is 16.6 Å². The lowest BCUT2D eigenvalue weighted by atomic mass is 10.2. The predicted molar refractivity (Wildman–Crippen MR) is 71.6 cm³/mol. The first-order valence-electron chi connectivity index (χ1n) is 5.83. The molecule has 0 saturated carbocycles. The maximum absolute atomic E-state index is 11.2. The van der Waals surface area contributed by atoms with Gasteiger partial charge in [0.25, 0.3) is 0 Å². The minimum atomic E-state index is -0.260. The van der Waals surface area contributed by atoms with Crippen molar-refractivity contribution in [3.05, 3.63) is 35.0 Å². The first-order valence-corrected chi connectivity index (χ1v) is 6.21. The van der Waals surface area contributed by atoms with Crippen LogP contribution in [0, 0.1) is 0 Å². The summed E-state index contributed by atoms with van der Waals surface area (Å²) in [4.78, 5) is 14.4. The average molecular weight is 267 g/mol. The highest BCUT2D eigenvalue weighted by Gasteiger charge is 2.09. The van der Waals surface area contributed by atoms with Crippen LogP contribution in [0.25, 0.3) is 10.9 Å². The molecule has 0 bridgehead atoms. The monoisotopic (exact) mass is 266 g/mol. The zero-order valence-corrected chi connectivity index (χ0v) is 10.9. The molecule has 2 N–H and O–H groups in total. The Balaban J connectivity index is 1.99. The summed E-state index contributed by atoms with van der Waals surface area (Å²) in [6.45, 7) is 2.87. The van der Waals surface area contributed by atoms with Crippen LogP contribution in [0.15, 0.2) is 24.3 Å². The number of para-hydroxylation sites is 1. The summed E-state index contributed by atoms with van der Waals surface area (Å²) in [5.41, 5.74) is 1.87. The fourth-order valence-corrected chi connectivity index (χ4v) is 2.07. The van der Waals surface area contributed by atoms with E-state index in [1.54, 1.807) is 6.92 Å². The number of halogens is 1. The third-order valence-electron chi connectivity index (χ3n) is 2.59. The van der Waals surface area contributed by atoms with E-state index in [1.807, 2.05) is 24.3 Å². The molecular weight excluding hydrogens is 252 g/mol. The van der Waals surface area contributed by atoms with Gasteiger partial charge in [0.2, 0.25) is 0 Å². The van der Waals surface area contributed by atoms with Gasteiger partial charge in [0.15, 0.2) is 0 Å². The molecule has 0 aliphatic rings. The summed E-state index contributed by atoms with van der Waals surface area (Å²) in [7, 11) is 0. The summed E-state index contributed by atoms with van der Waals surface area (Å²) in [6.07, 6.45) is 0. The third-order valence-corrected chi connectivity index (χ3v) is 3.02. The molecule has 0 fully saturated rings. The van der Waals surface area contributed by atoms with E-state index in [0.29, 0.717) is 18.2 Å². The highest BCUT2D eigenvalue weighted by Crippen LogP contribution is 2.26. The van der Waals surface area contributed by atoms with Gasteiger partial charge in [-0.1, -0.05) is 29.8 Å². The molecule has 0 atom stereocenters. The van der Waals surface area contributed by atoms with E-state index in [4.69, 9.17) is 16.3 Å². The fourth-order valence-electron chi connectivity index (χ4n) is 1.79. The summed E-state index contributed by atoms with van der Waals surface area (Å²) in [5.74, 6) is -0.260. The molecule has 5 heteroatoms. The molecule has 0 spiro atoms. The first-order chi connectivity index (χ1) is 8.72. The Hall–Kier alpha value is -1.52. The van der Waals surface area contributed by atoms with Gasteiger partial charge in [0, 0.05) is 23.1 Å². The van der Waals surface area contributed by atoms with Gasteiger partial charge in [-0.15, -0.1) is 0 Å². The topological polar surface area (TPSA) is 54.1 Å². The molecule has 4 nitrogen and oxygen atoms in total. The van der Waals surface area contributed by atoms with E-state index < -0.39 is 0 Å². The van der Waals surface area contributed by atoms with E-state index >= 15 is 0 Å². The molecule has 0 radical (unpaired) electrons. The average Bonchev–Trinajstić information content (AvgIpc) is 2.68. The van der Waals surface area contributed by atoms with Crippen molar-refractivity contribution in [1.29, 1.82) is 0 Å². The van der Waals surface area contributed by atoms with Crippen LogP contribution in [0.4, 0.5) is 0 Å². The van der Waals surface area contributed by atoms with Gasteiger partial charge in [0.1, 0.15) is 0 Å². The number of esters is 1. The van der Waals surface area contributed by atoms with Gasteiger partial charge in [0.05, 0.1) is 18.2 Å². The maximum Gasteiger partial charge on any atom is 0.319 e. The van der Waals surface area contributed by atoms with Gasteiger partial charge in [-0.3, -0.25) is 4.79 Å². The van der Waals surface area contributed by atoms with Gasteiger partial charge >= 0.3 is 5.97 Å². The van der Waals surface area contributed by atoms with Crippen LogP contribution < -0.4 is 5.32 Å². The van der Waals surface area contributed by atoms with Crippen LogP contribution >= 0.6 is 11.6 Å². The number of benzene rings is 1. The number of aromatic amines is 1. The van der Waals surface area contributed by atoms with Crippen molar-refractivity contribution in [2.75, 3.05) is 13.2 Å².